The van der Waals surface area contributed by atoms with Crippen LogP contribution >= 0.6 is 0 Å². The lowest BCUT2D eigenvalue weighted by Crippen LogP contribution is -2.35. The zero-order valence-corrected chi connectivity index (χ0v) is 12.7. The van der Waals surface area contributed by atoms with Crippen molar-refractivity contribution in [2.75, 3.05) is 18.9 Å². The maximum Gasteiger partial charge on any atom is 0.257 e. The Morgan fingerprint density at radius 1 is 0.960 bits per heavy atom. The van der Waals surface area contributed by atoms with Gasteiger partial charge in [0, 0.05) is 13.1 Å². The summed E-state index contributed by atoms with van der Waals surface area (Å²) in [7, 11) is 1.16. The van der Waals surface area contributed by atoms with Crippen molar-refractivity contribution in [3.05, 3.63) is 65.0 Å². The van der Waals surface area contributed by atoms with E-state index in [-0.39, 0.29) is 0 Å². The first-order valence-corrected chi connectivity index (χ1v) is 6.84. The highest BCUT2D eigenvalue weighted by molar-refractivity contribution is 5.99. The van der Waals surface area contributed by atoms with E-state index in [0.717, 1.165) is 30.1 Å². The fourth-order valence-electron chi connectivity index (χ4n) is 1.97. The summed E-state index contributed by atoms with van der Waals surface area (Å²) < 4.78 is 65.8. The monoisotopic (exact) mass is 358 g/mol. The number of nitrogens with one attached hydrogen (secondary N) is 1. The lowest BCUT2D eigenvalue weighted by Gasteiger charge is -2.17. The van der Waals surface area contributed by atoms with E-state index in [9.17, 15) is 31.5 Å². The molecule has 0 unspecified atom stereocenters. The predicted octanol–water partition coefficient (Wildman–Crippen LogP) is 3.09. The summed E-state index contributed by atoms with van der Waals surface area (Å²) in [6.45, 7) is -0.631. The SMILES string of the molecule is CN(CC(=O)Nc1ccc(F)c(F)c1F)C(=O)c1ccc(F)cc1F. The molecule has 0 spiro atoms. The Kier molecular flexibility index (Phi) is 5.35. The van der Waals surface area contributed by atoms with Crippen LogP contribution in [0.15, 0.2) is 30.3 Å². The molecule has 0 aromatic heterocycles. The Bertz CT molecular complexity index is 842. The van der Waals surface area contributed by atoms with Gasteiger partial charge in [0.1, 0.15) is 11.6 Å². The second-order valence-corrected chi connectivity index (χ2v) is 5.06. The topological polar surface area (TPSA) is 49.4 Å². The molecule has 2 amide bonds. The van der Waals surface area contributed by atoms with Crippen molar-refractivity contribution in [2.45, 2.75) is 0 Å². The standard InChI is InChI=1S/C16H11F5N2O2/c1-23(16(25)9-3-2-8(17)6-11(9)19)7-13(24)22-12-5-4-10(18)14(20)15(12)21/h2-6H,7H2,1H3,(H,22,24). The van der Waals surface area contributed by atoms with Crippen LogP contribution in [-0.4, -0.2) is 30.3 Å². The molecule has 132 valence electrons. The van der Waals surface area contributed by atoms with Gasteiger partial charge in [0.2, 0.25) is 5.91 Å². The van der Waals surface area contributed by atoms with Gasteiger partial charge in [-0.25, -0.2) is 22.0 Å². The van der Waals surface area contributed by atoms with Crippen LogP contribution in [0.5, 0.6) is 0 Å². The van der Waals surface area contributed by atoms with Gasteiger partial charge in [-0.1, -0.05) is 0 Å². The second-order valence-electron chi connectivity index (χ2n) is 5.06. The highest BCUT2D eigenvalue weighted by Gasteiger charge is 2.20. The number of likely N-dealkylation sites (N-methyl/N-ethyl adjacent to an activating group) is 1. The Balaban J connectivity index is 2.07. The zero-order chi connectivity index (χ0) is 18.7. The number of rotatable bonds is 4. The number of hydrogen-bond donors (Lipinski definition) is 1. The van der Waals surface area contributed by atoms with Gasteiger partial charge in [0.05, 0.1) is 17.8 Å². The Labute approximate surface area is 138 Å². The van der Waals surface area contributed by atoms with Crippen molar-refractivity contribution in [1.29, 1.82) is 0 Å². The minimum absolute atomic E-state index is 0.462. The molecule has 25 heavy (non-hydrogen) atoms. The van der Waals surface area contributed by atoms with Crippen molar-refractivity contribution in [3.63, 3.8) is 0 Å². The molecule has 0 atom stereocenters. The lowest BCUT2D eigenvalue weighted by molar-refractivity contribution is -0.116. The van der Waals surface area contributed by atoms with Gasteiger partial charge in [-0.15, -0.1) is 0 Å². The van der Waals surface area contributed by atoms with Gasteiger partial charge in [-0.3, -0.25) is 9.59 Å². The third-order valence-electron chi connectivity index (χ3n) is 3.20. The molecular formula is C16H11F5N2O2. The summed E-state index contributed by atoms with van der Waals surface area (Å²) in [5, 5.41) is 1.97. The average molecular weight is 358 g/mol. The Morgan fingerprint density at radius 2 is 1.64 bits per heavy atom. The molecule has 2 rings (SSSR count). The number of carbonyl (C=O) groups is 2. The molecule has 9 heteroatoms. The lowest BCUT2D eigenvalue weighted by atomic mass is 10.2. The number of amides is 2. The van der Waals surface area contributed by atoms with Crippen molar-refractivity contribution >= 4 is 17.5 Å². The average Bonchev–Trinajstić information content (AvgIpc) is 2.55. The molecule has 2 aromatic rings. The van der Waals surface area contributed by atoms with Gasteiger partial charge in [0.15, 0.2) is 17.5 Å². The molecule has 0 saturated carbocycles. The summed E-state index contributed by atoms with van der Waals surface area (Å²) in [6, 6.07) is 3.74. The van der Waals surface area contributed by atoms with E-state index in [2.05, 4.69) is 0 Å². The van der Waals surface area contributed by atoms with Gasteiger partial charge < -0.3 is 10.2 Å². The summed E-state index contributed by atoms with van der Waals surface area (Å²) in [5.41, 5.74) is -1.08. The number of halogens is 5. The highest BCUT2D eigenvalue weighted by atomic mass is 19.2. The minimum Gasteiger partial charge on any atom is -0.332 e. The first kappa shape index (κ1) is 18.4. The van der Waals surface area contributed by atoms with Gasteiger partial charge in [-0.05, 0) is 24.3 Å². The smallest absolute Gasteiger partial charge is 0.257 e. The molecule has 4 nitrogen and oxygen atoms in total. The molecule has 0 aliphatic heterocycles. The van der Waals surface area contributed by atoms with E-state index in [1.165, 1.54) is 0 Å². The van der Waals surface area contributed by atoms with E-state index in [4.69, 9.17) is 0 Å². The van der Waals surface area contributed by atoms with Gasteiger partial charge >= 0.3 is 0 Å². The Morgan fingerprint density at radius 3 is 2.28 bits per heavy atom. The summed E-state index contributed by atoms with van der Waals surface area (Å²) >= 11 is 0. The summed E-state index contributed by atoms with van der Waals surface area (Å²) in [6.07, 6.45) is 0. The van der Waals surface area contributed by atoms with Crippen LogP contribution in [0.3, 0.4) is 0 Å². The third-order valence-corrected chi connectivity index (χ3v) is 3.20. The van der Waals surface area contributed by atoms with Crippen molar-refractivity contribution in [3.8, 4) is 0 Å². The van der Waals surface area contributed by atoms with E-state index in [1.807, 2.05) is 5.32 Å². The number of nitrogens with zero attached hydrogens (tertiary/aromatic N) is 1. The maximum absolute atomic E-state index is 13.6. The van der Waals surface area contributed by atoms with Gasteiger partial charge in [-0.2, -0.15) is 0 Å². The van der Waals surface area contributed by atoms with Crippen LogP contribution in [0.25, 0.3) is 0 Å². The molecule has 0 aliphatic rings. The molecule has 0 aliphatic carbocycles. The van der Waals surface area contributed by atoms with Crippen LogP contribution in [0.2, 0.25) is 0 Å². The molecule has 0 radical (unpaired) electrons. The van der Waals surface area contributed by atoms with Crippen LogP contribution in [-0.2, 0) is 4.79 Å². The normalized spacial score (nSPS) is 10.5. The largest absolute Gasteiger partial charge is 0.332 e. The number of benzene rings is 2. The van der Waals surface area contributed by atoms with Crippen LogP contribution in [0, 0.1) is 29.1 Å². The van der Waals surface area contributed by atoms with Crippen LogP contribution < -0.4 is 5.32 Å². The number of anilines is 1. The fourth-order valence-corrected chi connectivity index (χ4v) is 1.97. The zero-order valence-electron chi connectivity index (χ0n) is 12.7. The molecule has 0 heterocycles. The molecule has 0 saturated heterocycles. The molecular weight excluding hydrogens is 347 g/mol. The van der Waals surface area contributed by atoms with Crippen molar-refractivity contribution in [1.82, 2.24) is 4.90 Å². The maximum atomic E-state index is 13.6. The van der Waals surface area contributed by atoms with Crippen molar-refractivity contribution < 1.29 is 31.5 Å². The molecule has 0 fully saturated rings. The molecule has 2 aromatic carbocycles. The first-order chi connectivity index (χ1) is 11.7. The minimum atomic E-state index is -1.75. The predicted molar refractivity (Wildman–Crippen MR) is 78.3 cm³/mol. The van der Waals surface area contributed by atoms with E-state index in [1.54, 1.807) is 0 Å². The van der Waals surface area contributed by atoms with Crippen molar-refractivity contribution in [2.24, 2.45) is 0 Å². The molecule has 0 bridgehead atoms. The summed E-state index contributed by atoms with van der Waals surface area (Å²) in [5.74, 6) is -8.59. The third kappa shape index (κ3) is 4.11. The number of carbonyl (C=O) groups excluding carboxylic acids is 2. The quantitative estimate of drug-likeness (QED) is 0.675. The van der Waals surface area contributed by atoms with E-state index >= 15 is 0 Å². The number of hydrogen-bond acceptors (Lipinski definition) is 2. The summed E-state index contributed by atoms with van der Waals surface area (Å²) in [4.78, 5) is 24.6. The van der Waals surface area contributed by atoms with Gasteiger partial charge in [0.25, 0.3) is 5.91 Å². The van der Waals surface area contributed by atoms with E-state index in [0.29, 0.717) is 12.1 Å². The van der Waals surface area contributed by atoms with E-state index < -0.39 is 58.7 Å². The Hall–Kier alpha value is -2.97. The first-order valence-electron chi connectivity index (χ1n) is 6.84. The van der Waals surface area contributed by atoms with Crippen LogP contribution in [0.4, 0.5) is 27.6 Å². The highest BCUT2D eigenvalue weighted by Crippen LogP contribution is 2.19. The molecule has 1 N–H and O–H groups in total. The fraction of sp³-hybridized carbons (Fsp3) is 0.125. The van der Waals surface area contributed by atoms with Crippen LogP contribution in [0.1, 0.15) is 10.4 Å². The second kappa shape index (κ2) is 7.29.